The maximum Gasteiger partial charge on any atom is 0.334 e. The lowest BCUT2D eigenvalue weighted by atomic mass is 10.2. The molecule has 0 spiro atoms. The molecule has 5 heteroatoms. The lowest BCUT2D eigenvalue weighted by Crippen LogP contribution is -2.09. The van der Waals surface area contributed by atoms with Crippen LogP contribution in [0.15, 0.2) is 53.6 Å². The van der Waals surface area contributed by atoms with E-state index >= 15 is 0 Å². The number of aliphatic hydroxyl groups is 1. The smallest absolute Gasteiger partial charge is 0.334 e. The summed E-state index contributed by atoms with van der Waals surface area (Å²) in [6, 6.07) is 9.37. The molecule has 0 radical (unpaired) electrons. The van der Waals surface area contributed by atoms with Gasteiger partial charge in [-0.3, -0.25) is 0 Å². The predicted molar refractivity (Wildman–Crippen MR) is 81.8 cm³/mol. The molecule has 0 fully saturated rings. The summed E-state index contributed by atoms with van der Waals surface area (Å²) in [5.41, 5.74) is 1.62. The summed E-state index contributed by atoms with van der Waals surface area (Å²) >= 11 is 0. The zero-order valence-electron chi connectivity index (χ0n) is 12.7. The molecule has 1 rings (SSSR count). The number of ether oxygens (including phenoxy) is 2. The van der Waals surface area contributed by atoms with Gasteiger partial charge in [0.1, 0.15) is 13.2 Å². The van der Waals surface area contributed by atoms with Crippen molar-refractivity contribution >= 4 is 11.9 Å². The Kier molecular flexibility index (Phi) is 7.64. The average Bonchev–Trinajstić information content (AvgIpc) is 2.55. The molecular weight excluding hydrogens is 284 g/mol. The van der Waals surface area contributed by atoms with Gasteiger partial charge in [0.25, 0.3) is 0 Å². The number of benzene rings is 1. The molecule has 0 saturated carbocycles. The van der Waals surface area contributed by atoms with Gasteiger partial charge in [-0.1, -0.05) is 42.5 Å². The second-order valence-corrected chi connectivity index (χ2v) is 4.62. The molecular formula is C17H20O5. The van der Waals surface area contributed by atoms with Gasteiger partial charge in [-0.2, -0.15) is 0 Å². The molecule has 0 aliphatic carbocycles. The highest BCUT2D eigenvalue weighted by molar-refractivity contribution is 5.90. The van der Waals surface area contributed by atoms with Crippen LogP contribution in [0.3, 0.4) is 0 Å². The van der Waals surface area contributed by atoms with Gasteiger partial charge in [-0.15, -0.1) is 0 Å². The number of esters is 2. The van der Waals surface area contributed by atoms with Crippen molar-refractivity contribution in [3.8, 4) is 0 Å². The van der Waals surface area contributed by atoms with Crippen molar-refractivity contribution < 1.29 is 24.2 Å². The molecule has 0 aliphatic heterocycles. The van der Waals surface area contributed by atoms with Crippen LogP contribution in [-0.4, -0.2) is 30.3 Å². The second kappa shape index (κ2) is 9.52. The quantitative estimate of drug-likeness (QED) is 0.475. The third-order valence-electron chi connectivity index (χ3n) is 2.76. The molecule has 0 aliphatic rings. The summed E-state index contributed by atoms with van der Waals surface area (Å²) in [7, 11) is 0. The third-order valence-corrected chi connectivity index (χ3v) is 2.76. The highest BCUT2D eigenvalue weighted by atomic mass is 16.5. The summed E-state index contributed by atoms with van der Waals surface area (Å²) in [6.45, 7) is 3.10. The number of hydrogen-bond acceptors (Lipinski definition) is 5. The Bertz CT molecular complexity index is 558. The van der Waals surface area contributed by atoms with Crippen LogP contribution in [0.25, 0.3) is 0 Å². The molecule has 0 unspecified atom stereocenters. The number of allylic oxidation sites excluding steroid dienone is 2. The monoisotopic (exact) mass is 304 g/mol. The Morgan fingerprint density at radius 3 is 2.09 bits per heavy atom. The molecule has 0 bridgehead atoms. The topological polar surface area (TPSA) is 72.8 Å². The summed E-state index contributed by atoms with van der Waals surface area (Å²) in [5, 5.41) is 8.57. The van der Waals surface area contributed by atoms with Crippen molar-refractivity contribution in [3.05, 3.63) is 59.2 Å². The fourth-order valence-corrected chi connectivity index (χ4v) is 1.48. The molecule has 1 aromatic rings. The molecule has 1 aromatic carbocycles. The molecule has 0 heterocycles. The summed E-state index contributed by atoms with van der Waals surface area (Å²) in [4.78, 5) is 23.2. The van der Waals surface area contributed by atoms with Crippen molar-refractivity contribution in [2.24, 2.45) is 0 Å². The normalized spacial score (nSPS) is 12.0. The molecule has 0 saturated heterocycles. The lowest BCUT2D eigenvalue weighted by Gasteiger charge is -2.05. The Morgan fingerprint density at radius 1 is 1.00 bits per heavy atom. The van der Waals surface area contributed by atoms with E-state index in [0.29, 0.717) is 11.1 Å². The molecule has 1 N–H and O–H groups in total. The maximum atomic E-state index is 11.8. The van der Waals surface area contributed by atoms with Crippen LogP contribution in [0.5, 0.6) is 0 Å². The van der Waals surface area contributed by atoms with E-state index in [1.807, 2.05) is 30.3 Å². The van der Waals surface area contributed by atoms with Crippen molar-refractivity contribution in [2.45, 2.75) is 20.5 Å². The number of aliphatic hydroxyl groups excluding tert-OH is 1. The van der Waals surface area contributed by atoms with Gasteiger partial charge in [-0.25, -0.2) is 9.59 Å². The van der Waals surface area contributed by atoms with Crippen LogP contribution in [0.1, 0.15) is 19.4 Å². The standard InChI is InChI=1S/C17H20O5/c1-13(16(19)21-11-10-18)8-9-14(2)17(20)22-12-15-6-4-3-5-7-15/h3-9,18H,10-12H2,1-2H3/b13-8+,14-9+. The Balaban J connectivity index is 2.52. The number of hydrogen-bond donors (Lipinski definition) is 1. The molecule has 0 aromatic heterocycles. The van der Waals surface area contributed by atoms with Crippen molar-refractivity contribution in [3.63, 3.8) is 0 Å². The first-order valence-electron chi connectivity index (χ1n) is 6.88. The fourth-order valence-electron chi connectivity index (χ4n) is 1.48. The molecule has 22 heavy (non-hydrogen) atoms. The minimum atomic E-state index is -0.532. The lowest BCUT2D eigenvalue weighted by molar-refractivity contribution is -0.141. The van der Waals surface area contributed by atoms with E-state index in [4.69, 9.17) is 14.6 Å². The van der Waals surface area contributed by atoms with Crippen LogP contribution in [0.2, 0.25) is 0 Å². The predicted octanol–water partition coefficient (Wildman–Crippen LogP) is 2.16. The molecule has 0 atom stereocenters. The van der Waals surface area contributed by atoms with Gasteiger partial charge < -0.3 is 14.6 Å². The number of carbonyl (C=O) groups excluding carboxylic acids is 2. The van der Waals surface area contributed by atoms with Crippen molar-refractivity contribution in [1.82, 2.24) is 0 Å². The van der Waals surface area contributed by atoms with Crippen molar-refractivity contribution in [2.75, 3.05) is 13.2 Å². The van der Waals surface area contributed by atoms with Crippen LogP contribution in [0.4, 0.5) is 0 Å². The second-order valence-electron chi connectivity index (χ2n) is 4.62. The Hall–Kier alpha value is -2.40. The third kappa shape index (κ3) is 6.37. The molecule has 0 amide bonds. The van der Waals surface area contributed by atoms with Gasteiger partial charge in [0.2, 0.25) is 0 Å². The Labute approximate surface area is 129 Å². The fraction of sp³-hybridized carbons (Fsp3) is 0.294. The van der Waals surface area contributed by atoms with Crippen LogP contribution in [0, 0.1) is 0 Å². The van der Waals surface area contributed by atoms with E-state index in [2.05, 4.69) is 0 Å². The first kappa shape index (κ1) is 17.7. The highest BCUT2D eigenvalue weighted by Crippen LogP contribution is 2.06. The van der Waals surface area contributed by atoms with Gasteiger partial charge >= 0.3 is 11.9 Å². The zero-order chi connectivity index (χ0) is 16.4. The van der Waals surface area contributed by atoms with E-state index in [-0.39, 0.29) is 19.8 Å². The van der Waals surface area contributed by atoms with E-state index in [0.717, 1.165) is 5.56 Å². The maximum absolute atomic E-state index is 11.8. The van der Waals surface area contributed by atoms with E-state index in [1.54, 1.807) is 13.8 Å². The minimum absolute atomic E-state index is 0.0498. The van der Waals surface area contributed by atoms with Crippen LogP contribution < -0.4 is 0 Å². The van der Waals surface area contributed by atoms with Gasteiger partial charge in [0.15, 0.2) is 0 Å². The average molecular weight is 304 g/mol. The van der Waals surface area contributed by atoms with E-state index in [1.165, 1.54) is 12.2 Å². The van der Waals surface area contributed by atoms with Crippen LogP contribution in [-0.2, 0) is 25.7 Å². The largest absolute Gasteiger partial charge is 0.460 e. The highest BCUT2D eigenvalue weighted by Gasteiger charge is 2.07. The molecule has 118 valence electrons. The summed E-state index contributed by atoms with van der Waals surface area (Å²) in [5.74, 6) is -0.979. The number of carbonyl (C=O) groups is 2. The van der Waals surface area contributed by atoms with Crippen molar-refractivity contribution in [1.29, 1.82) is 0 Å². The van der Waals surface area contributed by atoms with E-state index < -0.39 is 11.9 Å². The summed E-state index contributed by atoms with van der Waals surface area (Å²) < 4.78 is 9.91. The number of rotatable bonds is 7. The van der Waals surface area contributed by atoms with E-state index in [9.17, 15) is 9.59 Å². The first-order chi connectivity index (χ1) is 10.5. The minimum Gasteiger partial charge on any atom is -0.460 e. The van der Waals surface area contributed by atoms with Gasteiger partial charge in [0.05, 0.1) is 6.61 Å². The molecule has 5 nitrogen and oxygen atoms in total. The SMILES string of the molecule is C/C(=C\C=C(/C)C(=O)OCc1ccccc1)C(=O)OCCO. The summed E-state index contributed by atoms with van der Waals surface area (Å²) in [6.07, 6.45) is 2.99. The van der Waals surface area contributed by atoms with Gasteiger partial charge in [0, 0.05) is 11.1 Å². The van der Waals surface area contributed by atoms with Gasteiger partial charge in [-0.05, 0) is 19.4 Å². The van der Waals surface area contributed by atoms with Crippen LogP contribution >= 0.6 is 0 Å². The Morgan fingerprint density at radius 2 is 1.55 bits per heavy atom. The first-order valence-corrected chi connectivity index (χ1v) is 6.88. The zero-order valence-corrected chi connectivity index (χ0v) is 12.7.